The highest BCUT2D eigenvalue weighted by atomic mass is 35.5. The SMILES string of the molecule is O=C(Nc1cc(OC[C@]2(O)CCN(c3c(F)cc(Cl)cc3F)C[C@H]2O)ccc1Cl)c1ccccc1. The van der Waals surface area contributed by atoms with Crippen LogP contribution in [0.3, 0.4) is 0 Å². The number of rotatable bonds is 6. The Bertz CT molecular complexity index is 1210. The number of nitrogens with one attached hydrogen (secondary N) is 1. The van der Waals surface area contributed by atoms with Crippen molar-refractivity contribution in [1.82, 2.24) is 0 Å². The molecule has 0 bridgehead atoms. The Hall–Kier alpha value is -2.91. The quantitative estimate of drug-likeness (QED) is 0.428. The fourth-order valence-electron chi connectivity index (χ4n) is 3.86. The Kier molecular flexibility index (Phi) is 7.47. The molecule has 3 N–H and O–H groups in total. The Morgan fingerprint density at radius 3 is 2.46 bits per heavy atom. The molecule has 0 aromatic heterocycles. The number of piperidine rings is 1. The number of carbonyl (C=O) groups is 1. The summed E-state index contributed by atoms with van der Waals surface area (Å²) in [7, 11) is 0. The molecular weight excluding hydrogens is 501 g/mol. The van der Waals surface area contributed by atoms with E-state index < -0.39 is 23.3 Å². The van der Waals surface area contributed by atoms with Crippen LogP contribution in [0, 0.1) is 11.6 Å². The minimum absolute atomic E-state index is 0.0130. The van der Waals surface area contributed by atoms with Crippen LogP contribution in [0.25, 0.3) is 0 Å². The third kappa shape index (κ3) is 5.67. The van der Waals surface area contributed by atoms with Gasteiger partial charge in [-0.2, -0.15) is 0 Å². The maximum absolute atomic E-state index is 14.3. The average molecular weight is 523 g/mol. The van der Waals surface area contributed by atoms with Crippen LogP contribution in [0.5, 0.6) is 5.75 Å². The van der Waals surface area contributed by atoms with E-state index in [1.165, 1.54) is 17.0 Å². The van der Waals surface area contributed by atoms with Gasteiger partial charge in [-0.15, -0.1) is 0 Å². The summed E-state index contributed by atoms with van der Waals surface area (Å²) >= 11 is 11.9. The molecule has 0 spiro atoms. The van der Waals surface area contributed by atoms with E-state index in [1.807, 2.05) is 0 Å². The number of halogens is 4. The maximum atomic E-state index is 14.3. The zero-order valence-corrected chi connectivity index (χ0v) is 19.9. The Balaban J connectivity index is 1.41. The lowest BCUT2D eigenvalue weighted by Crippen LogP contribution is -2.58. The molecule has 1 heterocycles. The molecule has 0 aliphatic carbocycles. The highest BCUT2D eigenvalue weighted by molar-refractivity contribution is 6.34. The standard InChI is InChI=1S/C25H22Cl2F2N2O4/c26-16-10-19(28)23(20(29)11-16)31-9-8-25(34,22(32)13-31)14-35-17-6-7-18(27)21(12-17)30-24(33)15-4-2-1-3-5-15/h1-7,10-12,22,32,34H,8-9,13-14H2,(H,30,33)/t22-,25-/m1/s1. The molecule has 3 aromatic rings. The van der Waals surface area contributed by atoms with Gasteiger partial charge in [-0.25, -0.2) is 8.78 Å². The second kappa shape index (κ2) is 10.4. The number of aliphatic hydroxyl groups is 2. The van der Waals surface area contributed by atoms with E-state index >= 15 is 0 Å². The third-order valence-corrected chi connectivity index (χ3v) is 6.38. The minimum atomic E-state index is -1.66. The predicted octanol–water partition coefficient (Wildman–Crippen LogP) is 4.91. The zero-order chi connectivity index (χ0) is 25.2. The smallest absolute Gasteiger partial charge is 0.255 e. The van der Waals surface area contributed by atoms with Crippen LogP contribution in [-0.4, -0.2) is 47.5 Å². The normalized spacial score (nSPS) is 19.9. The zero-order valence-electron chi connectivity index (χ0n) is 18.3. The summed E-state index contributed by atoms with van der Waals surface area (Å²) in [5.41, 5.74) is -1.21. The molecule has 1 fully saturated rings. The lowest BCUT2D eigenvalue weighted by atomic mass is 9.89. The molecule has 0 saturated carbocycles. The number of hydrogen-bond acceptors (Lipinski definition) is 5. The van der Waals surface area contributed by atoms with E-state index in [1.54, 1.807) is 36.4 Å². The van der Waals surface area contributed by atoms with Gasteiger partial charge in [0.2, 0.25) is 0 Å². The molecule has 0 radical (unpaired) electrons. The molecule has 1 aliphatic heterocycles. The van der Waals surface area contributed by atoms with E-state index in [0.717, 1.165) is 12.1 Å². The molecule has 0 unspecified atom stereocenters. The number of aliphatic hydroxyl groups excluding tert-OH is 1. The van der Waals surface area contributed by atoms with Crippen LogP contribution in [-0.2, 0) is 0 Å². The molecule has 1 aliphatic rings. The van der Waals surface area contributed by atoms with Gasteiger partial charge >= 0.3 is 0 Å². The molecular formula is C25H22Cl2F2N2O4. The van der Waals surface area contributed by atoms with Gasteiger partial charge in [-0.1, -0.05) is 41.4 Å². The van der Waals surface area contributed by atoms with Gasteiger partial charge in [0.25, 0.3) is 5.91 Å². The topological polar surface area (TPSA) is 82.0 Å². The van der Waals surface area contributed by atoms with E-state index in [9.17, 15) is 23.8 Å². The van der Waals surface area contributed by atoms with E-state index in [-0.39, 0.29) is 42.7 Å². The van der Waals surface area contributed by atoms with Crippen molar-refractivity contribution in [3.05, 3.63) is 87.9 Å². The summed E-state index contributed by atoms with van der Waals surface area (Å²) in [6.07, 6.45) is -1.36. The average Bonchev–Trinajstić information content (AvgIpc) is 2.82. The van der Waals surface area contributed by atoms with E-state index in [4.69, 9.17) is 27.9 Å². The van der Waals surface area contributed by atoms with Gasteiger partial charge in [-0.05, 0) is 42.8 Å². The minimum Gasteiger partial charge on any atom is -0.490 e. The van der Waals surface area contributed by atoms with Gasteiger partial charge in [0.1, 0.15) is 29.7 Å². The number of anilines is 2. The van der Waals surface area contributed by atoms with Crippen LogP contribution >= 0.6 is 23.2 Å². The first-order valence-electron chi connectivity index (χ1n) is 10.7. The largest absolute Gasteiger partial charge is 0.490 e. The molecule has 184 valence electrons. The monoisotopic (exact) mass is 522 g/mol. The van der Waals surface area contributed by atoms with Crippen molar-refractivity contribution < 1.29 is 28.5 Å². The first-order chi connectivity index (χ1) is 16.7. The lowest BCUT2D eigenvalue weighted by molar-refractivity contribution is -0.108. The molecule has 4 rings (SSSR count). The predicted molar refractivity (Wildman–Crippen MR) is 130 cm³/mol. The van der Waals surface area contributed by atoms with Crippen LogP contribution in [0.4, 0.5) is 20.2 Å². The second-order valence-electron chi connectivity index (χ2n) is 8.28. The fraction of sp³-hybridized carbons (Fsp3) is 0.240. The molecule has 1 amide bonds. The van der Waals surface area contributed by atoms with Gasteiger partial charge in [-0.3, -0.25) is 4.79 Å². The summed E-state index contributed by atoms with van der Waals surface area (Å²) in [6, 6.07) is 15.2. The van der Waals surface area contributed by atoms with Crippen molar-refractivity contribution in [3.63, 3.8) is 0 Å². The molecule has 10 heteroatoms. The Morgan fingerprint density at radius 1 is 1.11 bits per heavy atom. The number of amides is 1. The van der Waals surface area contributed by atoms with Crippen molar-refractivity contribution in [3.8, 4) is 5.75 Å². The van der Waals surface area contributed by atoms with Crippen molar-refractivity contribution in [2.24, 2.45) is 0 Å². The van der Waals surface area contributed by atoms with E-state index in [2.05, 4.69) is 5.32 Å². The molecule has 3 aromatic carbocycles. The van der Waals surface area contributed by atoms with Crippen LogP contribution < -0.4 is 15.0 Å². The number of hydrogen-bond donors (Lipinski definition) is 3. The van der Waals surface area contributed by atoms with Crippen LogP contribution in [0.1, 0.15) is 16.8 Å². The molecule has 35 heavy (non-hydrogen) atoms. The first-order valence-corrected chi connectivity index (χ1v) is 11.5. The first kappa shape index (κ1) is 25.2. The van der Waals surface area contributed by atoms with Crippen molar-refractivity contribution in [1.29, 1.82) is 0 Å². The van der Waals surface area contributed by atoms with Crippen molar-refractivity contribution >= 4 is 40.5 Å². The Morgan fingerprint density at radius 2 is 1.80 bits per heavy atom. The highest BCUT2D eigenvalue weighted by Gasteiger charge is 2.42. The van der Waals surface area contributed by atoms with Gasteiger partial charge in [0.05, 0.1) is 10.7 Å². The third-order valence-electron chi connectivity index (χ3n) is 5.84. The van der Waals surface area contributed by atoms with Crippen molar-refractivity contribution in [2.75, 3.05) is 29.9 Å². The van der Waals surface area contributed by atoms with Crippen molar-refractivity contribution in [2.45, 2.75) is 18.1 Å². The lowest BCUT2D eigenvalue weighted by Gasteiger charge is -2.42. The number of β-amino-alcohol motifs (C(OH)–C–C–N with tert-alkyl or cyclic N) is 1. The van der Waals surface area contributed by atoms with Crippen LogP contribution in [0.15, 0.2) is 60.7 Å². The summed E-state index contributed by atoms with van der Waals surface area (Å²) in [4.78, 5) is 13.8. The summed E-state index contributed by atoms with van der Waals surface area (Å²) in [5, 5.41) is 24.5. The Labute approximate surface area is 210 Å². The highest BCUT2D eigenvalue weighted by Crippen LogP contribution is 2.33. The molecule has 2 atom stereocenters. The fourth-order valence-corrected chi connectivity index (χ4v) is 4.21. The van der Waals surface area contributed by atoms with Gasteiger partial charge < -0.3 is 25.2 Å². The van der Waals surface area contributed by atoms with Gasteiger partial charge in [0, 0.05) is 29.7 Å². The van der Waals surface area contributed by atoms with Gasteiger partial charge in [0.15, 0.2) is 11.6 Å². The maximum Gasteiger partial charge on any atom is 0.255 e. The van der Waals surface area contributed by atoms with Crippen LogP contribution in [0.2, 0.25) is 10.0 Å². The summed E-state index contributed by atoms with van der Waals surface area (Å²) in [6.45, 7) is -0.430. The molecule has 6 nitrogen and oxygen atoms in total. The number of benzene rings is 3. The number of carbonyl (C=O) groups excluding carboxylic acids is 1. The second-order valence-corrected chi connectivity index (χ2v) is 9.13. The molecule has 1 saturated heterocycles. The number of ether oxygens (including phenoxy) is 1. The van der Waals surface area contributed by atoms with E-state index in [0.29, 0.717) is 22.0 Å². The summed E-state index contributed by atoms with van der Waals surface area (Å²) in [5.74, 6) is -1.76. The number of nitrogens with zero attached hydrogens (tertiary/aromatic N) is 1. The summed E-state index contributed by atoms with van der Waals surface area (Å²) < 4.78 is 34.3.